The molecule has 0 heterocycles. The minimum atomic E-state index is -4.84. The average Bonchev–Trinajstić information content (AvgIpc) is 2.01. The van der Waals surface area contributed by atoms with Crippen LogP contribution in [-0.2, 0) is 10.2 Å². The van der Waals surface area contributed by atoms with Crippen molar-refractivity contribution < 1.29 is 12.3 Å². The molecule has 0 radical (unpaired) electrons. The zero-order valence-electron chi connectivity index (χ0n) is 6.16. The van der Waals surface area contributed by atoms with Gasteiger partial charge in [0.1, 0.15) is 11.0 Å². The Morgan fingerprint density at radius 2 is 2.08 bits per heavy atom. The summed E-state index contributed by atoms with van der Waals surface area (Å²) in [6.45, 7) is 0. The summed E-state index contributed by atoms with van der Waals surface area (Å²) >= 11 is 5.48. The molecule has 0 atom stereocenters. The van der Waals surface area contributed by atoms with Crippen molar-refractivity contribution >= 4 is 21.8 Å². The molecule has 0 N–H and O–H groups in total. The lowest BCUT2D eigenvalue weighted by Crippen LogP contribution is -1.95. The van der Waals surface area contributed by atoms with Crippen LogP contribution in [0.15, 0.2) is 23.1 Å². The summed E-state index contributed by atoms with van der Waals surface area (Å²) in [4.78, 5) is -0.653. The topological polar surface area (TPSA) is 57.9 Å². The summed E-state index contributed by atoms with van der Waals surface area (Å²) in [5.74, 6) is 0. The van der Waals surface area contributed by atoms with Gasteiger partial charge in [-0.1, -0.05) is 11.6 Å². The van der Waals surface area contributed by atoms with Crippen molar-refractivity contribution in [3.8, 4) is 6.07 Å². The fraction of sp³-hybridized carbons (Fsp3) is 0. The zero-order chi connectivity index (χ0) is 10.1. The smallest absolute Gasteiger partial charge is 0.192 e. The van der Waals surface area contributed by atoms with Crippen LogP contribution in [0.5, 0.6) is 0 Å². The predicted molar refractivity (Wildman–Crippen MR) is 44.5 cm³/mol. The second kappa shape index (κ2) is 3.32. The Kier molecular flexibility index (Phi) is 2.55. The number of hydrogen-bond donors (Lipinski definition) is 0. The van der Waals surface area contributed by atoms with E-state index in [0.29, 0.717) is 0 Å². The molecule has 0 bridgehead atoms. The Morgan fingerprint density at radius 3 is 2.54 bits per heavy atom. The van der Waals surface area contributed by atoms with Gasteiger partial charge in [0.15, 0.2) is 0 Å². The number of halogens is 2. The third-order valence-electron chi connectivity index (χ3n) is 1.32. The van der Waals surface area contributed by atoms with Gasteiger partial charge in [-0.25, -0.2) is 0 Å². The van der Waals surface area contributed by atoms with Crippen molar-refractivity contribution in [1.29, 1.82) is 5.26 Å². The SMILES string of the molecule is N#Cc1cc(Cl)ccc1S(=O)(=O)F. The fourth-order valence-corrected chi connectivity index (χ4v) is 1.57. The van der Waals surface area contributed by atoms with Crippen LogP contribution in [0.25, 0.3) is 0 Å². The summed E-state index contributed by atoms with van der Waals surface area (Å²) in [5.41, 5.74) is -0.296. The van der Waals surface area contributed by atoms with E-state index >= 15 is 0 Å². The molecule has 0 aromatic heterocycles. The number of nitriles is 1. The molecule has 6 heteroatoms. The van der Waals surface area contributed by atoms with E-state index in [2.05, 4.69) is 0 Å². The predicted octanol–water partition coefficient (Wildman–Crippen LogP) is 1.87. The first-order valence-corrected chi connectivity index (χ1v) is 4.85. The van der Waals surface area contributed by atoms with E-state index in [1.54, 1.807) is 0 Å². The van der Waals surface area contributed by atoms with E-state index in [-0.39, 0.29) is 10.6 Å². The molecule has 0 aliphatic carbocycles. The van der Waals surface area contributed by atoms with E-state index in [1.165, 1.54) is 12.1 Å². The van der Waals surface area contributed by atoms with Gasteiger partial charge in [-0.15, -0.1) is 3.89 Å². The third-order valence-corrected chi connectivity index (χ3v) is 2.44. The van der Waals surface area contributed by atoms with Gasteiger partial charge in [-0.2, -0.15) is 13.7 Å². The van der Waals surface area contributed by atoms with Crippen LogP contribution in [0, 0.1) is 11.3 Å². The van der Waals surface area contributed by atoms with Gasteiger partial charge in [0.05, 0.1) is 5.56 Å². The van der Waals surface area contributed by atoms with Gasteiger partial charge in [0, 0.05) is 5.02 Å². The van der Waals surface area contributed by atoms with E-state index in [4.69, 9.17) is 16.9 Å². The van der Waals surface area contributed by atoms with Crippen LogP contribution < -0.4 is 0 Å². The van der Waals surface area contributed by atoms with Crippen molar-refractivity contribution in [2.24, 2.45) is 0 Å². The summed E-state index contributed by atoms with van der Waals surface area (Å²) in [6.07, 6.45) is 0. The van der Waals surface area contributed by atoms with E-state index in [1.807, 2.05) is 0 Å². The molecule has 3 nitrogen and oxygen atoms in total. The molecule has 0 aliphatic heterocycles. The largest absolute Gasteiger partial charge is 0.333 e. The second-order valence-electron chi connectivity index (χ2n) is 2.19. The van der Waals surface area contributed by atoms with Gasteiger partial charge in [-0.3, -0.25) is 0 Å². The van der Waals surface area contributed by atoms with E-state index in [0.717, 1.165) is 12.1 Å². The first-order chi connectivity index (χ1) is 5.95. The van der Waals surface area contributed by atoms with Crippen LogP contribution in [0.3, 0.4) is 0 Å². The van der Waals surface area contributed by atoms with Crippen molar-refractivity contribution in [2.45, 2.75) is 4.90 Å². The molecule has 0 aliphatic rings. The van der Waals surface area contributed by atoms with Crippen molar-refractivity contribution in [3.05, 3.63) is 28.8 Å². The maximum Gasteiger partial charge on any atom is 0.333 e. The molecule has 0 spiro atoms. The van der Waals surface area contributed by atoms with E-state index < -0.39 is 15.1 Å². The summed E-state index contributed by atoms with van der Waals surface area (Å²) in [6, 6.07) is 4.79. The Hall–Kier alpha value is -1.12. The van der Waals surface area contributed by atoms with Crippen molar-refractivity contribution in [3.63, 3.8) is 0 Å². The van der Waals surface area contributed by atoms with E-state index in [9.17, 15) is 12.3 Å². The normalized spacial score (nSPS) is 10.8. The number of nitrogens with zero attached hydrogens (tertiary/aromatic N) is 1. The zero-order valence-corrected chi connectivity index (χ0v) is 7.73. The molecular weight excluding hydrogens is 217 g/mol. The highest BCUT2D eigenvalue weighted by Gasteiger charge is 2.16. The van der Waals surface area contributed by atoms with Crippen molar-refractivity contribution in [2.75, 3.05) is 0 Å². The molecule has 68 valence electrons. The first kappa shape index (κ1) is 9.96. The summed E-state index contributed by atoms with van der Waals surface area (Å²) < 4.78 is 33.4. The maximum atomic E-state index is 12.5. The average molecular weight is 220 g/mol. The molecule has 1 aromatic rings. The van der Waals surface area contributed by atoms with Gasteiger partial charge < -0.3 is 0 Å². The standard InChI is InChI=1S/C7H3ClFNO2S/c8-6-1-2-7(13(9,11)12)5(3-6)4-10/h1-3H. The quantitative estimate of drug-likeness (QED) is 0.678. The van der Waals surface area contributed by atoms with Crippen LogP contribution in [0.4, 0.5) is 3.89 Å². The molecule has 0 unspecified atom stereocenters. The summed E-state index contributed by atoms with van der Waals surface area (Å²) in [7, 11) is -4.84. The highest BCUT2D eigenvalue weighted by atomic mass is 35.5. The van der Waals surface area contributed by atoms with Crippen LogP contribution in [0.2, 0.25) is 5.02 Å². The first-order valence-electron chi connectivity index (χ1n) is 3.09. The number of hydrogen-bond acceptors (Lipinski definition) is 3. The highest BCUT2D eigenvalue weighted by molar-refractivity contribution is 7.86. The van der Waals surface area contributed by atoms with Gasteiger partial charge in [-0.05, 0) is 18.2 Å². The van der Waals surface area contributed by atoms with Gasteiger partial charge >= 0.3 is 10.2 Å². The second-order valence-corrected chi connectivity index (χ2v) is 3.94. The lowest BCUT2D eigenvalue weighted by molar-refractivity contribution is 0.552. The molecular formula is C7H3ClFNO2S. The minimum Gasteiger partial charge on any atom is -0.192 e. The molecule has 0 amide bonds. The summed E-state index contributed by atoms with van der Waals surface area (Å²) in [5, 5.41) is 8.65. The van der Waals surface area contributed by atoms with Gasteiger partial charge in [0.25, 0.3) is 0 Å². The van der Waals surface area contributed by atoms with Crippen LogP contribution in [-0.4, -0.2) is 8.42 Å². The Morgan fingerprint density at radius 1 is 1.46 bits per heavy atom. The molecule has 13 heavy (non-hydrogen) atoms. The Bertz CT molecular complexity index is 478. The minimum absolute atomic E-state index is 0.184. The Labute approximate surface area is 79.6 Å². The Balaban J connectivity index is 3.50. The number of rotatable bonds is 1. The lowest BCUT2D eigenvalue weighted by atomic mass is 10.2. The maximum absolute atomic E-state index is 12.5. The molecule has 1 aromatic carbocycles. The number of benzene rings is 1. The van der Waals surface area contributed by atoms with Crippen LogP contribution in [0.1, 0.15) is 5.56 Å². The molecule has 1 rings (SSSR count). The highest BCUT2D eigenvalue weighted by Crippen LogP contribution is 2.21. The lowest BCUT2D eigenvalue weighted by Gasteiger charge is -1.97. The monoisotopic (exact) mass is 219 g/mol. The molecule has 0 saturated carbocycles. The van der Waals surface area contributed by atoms with Crippen LogP contribution >= 0.6 is 11.6 Å². The molecule has 0 fully saturated rings. The fourth-order valence-electron chi connectivity index (χ4n) is 0.802. The molecule has 0 saturated heterocycles. The third kappa shape index (κ3) is 2.17. The van der Waals surface area contributed by atoms with Gasteiger partial charge in [0.2, 0.25) is 0 Å². The van der Waals surface area contributed by atoms with Crippen molar-refractivity contribution in [1.82, 2.24) is 0 Å².